The highest BCUT2D eigenvalue weighted by Crippen LogP contribution is 2.44. The van der Waals surface area contributed by atoms with E-state index in [1.807, 2.05) is 37.3 Å². The lowest BCUT2D eigenvalue weighted by atomic mass is 9.85. The van der Waals surface area contributed by atoms with Crippen molar-refractivity contribution in [1.29, 1.82) is 0 Å². The minimum atomic E-state index is -0.609. The van der Waals surface area contributed by atoms with Crippen LogP contribution in [0, 0.1) is 0 Å². The van der Waals surface area contributed by atoms with E-state index in [2.05, 4.69) is 35.5 Å². The maximum atomic E-state index is 6.22. The summed E-state index contributed by atoms with van der Waals surface area (Å²) in [5, 5.41) is 3.86. The monoisotopic (exact) mass is 314 g/mol. The summed E-state index contributed by atoms with van der Waals surface area (Å²) in [5.41, 5.74) is 2.37. The number of fused-ring (bicyclic) bond motifs is 1. The molecule has 0 saturated heterocycles. The molecule has 1 heterocycles. The Morgan fingerprint density at radius 1 is 1.36 bits per heavy atom. The summed E-state index contributed by atoms with van der Waals surface area (Å²) in [7, 11) is 0. The molecule has 1 aromatic rings. The summed E-state index contributed by atoms with van der Waals surface area (Å²) < 4.78 is 6.22. The molecule has 0 aromatic heterocycles. The summed E-state index contributed by atoms with van der Waals surface area (Å²) in [6.45, 7) is 4.85. The van der Waals surface area contributed by atoms with E-state index in [0.29, 0.717) is 11.0 Å². The first-order valence-corrected chi connectivity index (χ1v) is 7.86. The fourth-order valence-corrected chi connectivity index (χ4v) is 2.91. The lowest BCUT2D eigenvalue weighted by molar-refractivity contribution is 0.105. The van der Waals surface area contributed by atoms with Gasteiger partial charge in [0.1, 0.15) is 0 Å². The van der Waals surface area contributed by atoms with Gasteiger partial charge in [-0.3, -0.25) is 0 Å². The molecule has 114 valence electrons. The second-order valence-corrected chi connectivity index (χ2v) is 5.86. The molecule has 0 spiro atoms. The van der Waals surface area contributed by atoms with Crippen molar-refractivity contribution in [3.63, 3.8) is 0 Å². The number of benzene rings is 1. The Bertz CT molecular complexity index is 703. The van der Waals surface area contributed by atoms with E-state index in [0.717, 1.165) is 29.8 Å². The fourth-order valence-electron chi connectivity index (χ4n) is 2.74. The van der Waals surface area contributed by atoms with Crippen LogP contribution in [0.2, 0.25) is 5.02 Å². The smallest absolute Gasteiger partial charge is 0.291 e. The van der Waals surface area contributed by atoms with Crippen LogP contribution in [0.4, 0.5) is 5.69 Å². The molecule has 4 heteroatoms. The third-order valence-corrected chi connectivity index (χ3v) is 4.11. The molecule has 22 heavy (non-hydrogen) atoms. The van der Waals surface area contributed by atoms with E-state index in [1.165, 1.54) is 0 Å². The number of hydrogen-bond acceptors (Lipinski definition) is 3. The zero-order valence-electron chi connectivity index (χ0n) is 12.8. The molecule has 1 aliphatic carbocycles. The lowest BCUT2D eigenvalue weighted by Gasteiger charge is -2.36. The molecular formula is C18H19ClN2O. The largest absolute Gasteiger partial charge is 0.449 e. The number of hydrogen-bond donors (Lipinski definition) is 1. The molecule has 0 bridgehead atoms. The van der Waals surface area contributed by atoms with Crippen molar-refractivity contribution >= 4 is 23.3 Å². The molecule has 0 saturated carbocycles. The number of amidine groups is 1. The quantitative estimate of drug-likeness (QED) is 0.863. The van der Waals surface area contributed by atoms with E-state index < -0.39 is 5.60 Å². The number of rotatable bonds is 2. The van der Waals surface area contributed by atoms with E-state index in [4.69, 9.17) is 16.3 Å². The molecule has 1 atom stereocenters. The summed E-state index contributed by atoms with van der Waals surface area (Å²) in [4.78, 5) is 4.55. The summed E-state index contributed by atoms with van der Waals surface area (Å²) in [6.07, 6.45) is 11.4. The van der Waals surface area contributed by atoms with Gasteiger partial charge in [0, 0.05) is 17.1 Å². The van der Waals surface area contributed by atoms with Gasteiger partial charge in [-0.15, -0.1) is 0 Å². The van der Waals surface area contributed by atoms with Crippen LogP contribution < -0.4 is 5.32 Å². The first-order valence-electron chi connectivity index (χ1n) is 7.49. The minimum Gasteiger partial charge on any atom is -0.449 e. The van der Waals surface area contributed by atoms with Crippen molar-refractivity contribution in [2.75, 3.05) is 6.54 Å². The van der Waals surface area contributed by atoms with Gasteiger partial charge in [0.05, 0.1) is 5.69 Å². The van der Waals surface area contributed by atoms with Crippen LogP contribution in [0.5, 0.6) is 0 Å². The molecule has 0 fully saturated rings. The topological polar surface area (TPSA) is 33.6 Å². The van der Waals surface area contributed by atoms with Crippen LogP contribution in [0.1, 0.15) is 25.8 Å². The zero-order valence-corrected chi connectivity index (χ0v) is 13.5. The molecule has 0 radical (unpaired) electrons. The Morgan fingerprint density at radius 3 is 3.05 bits per heavy atom. The average molecular weight is 315 g/mol. The molecule has 1 aromatic carbocycles. The molecule has 1 N–H and O–H groups in total. The number of aliphatic imine (C=N–C) groups is 1. The number of halogens is 1. The maximum Gasteiger partial charge on any atom is 0.291 e. The van der Waals surface area contributed by atoms with E-state index in [-0.39, 0.29) is 0 Å². The number of ether oxygens (including phenoxy) is 1. The molecular weight excluding hydrogens is 296 g/mol. The summed E-state index contributed by atoms with van der Waals surface area (Å²) in [5.74, 6) is 0. The van der Waals surface area contributed by atoms with Crippen LogP contribution in [0.15, 0.2) is 59.1 Å². The predicted molar refractivity (Wildman–Crippen MR) is 91.6 cm³/mol. The Labute approximate surface area is 136 Å². The SMILES string of the molecule is CCNC1=Nc2ccc(Cl)cc2C(C)(C2=CCC=CC=C2)O1. The second kappa shape index (κ2) is 6.01. The average Bonchev–Trinajstić information content (AvgIpc) is 2.78. The summed E-state index contributed by atoms with van der Waals surface area (Å²) in [6, 6.07) is 6.29. The van der Waals surface area contributed by atoms with Crippen molar-refractivity contribution in [2.24, 2.45) is 4.99 Å². The third-order valence-electron chi connectivity index (χ3n) is 3.87. The van der Waals surface area contributed by atoms with Gasteiger partial charge in [0.15, 0.2) is 5.60 Å². The number of allylic oxidation sites excluding steroid dienone is 4. The van der Waals surface area contributed by atoms with Gasteiger partial charge in [-0.2, -0.15) is 4.99 Å². The standard InChI is InChI=1S/C18H19ClN2O/c1-3-20-17-21-16-11-10-14(19)12-15(16)18(2,22-17)13-8-6-4-5-7-9-13/h4-6,8-12H,3,7H2,1-2H3,(H,20,21). The fraction of sp³-hybridized carbons (Fsp3) is 0.278. The van der Waals surface area contributed by atoms with Crippen molar-refractivity contribution in [2.45, 2.75) is 25.9 Å². The highest BCUT2D eigenvalue weighted by atomic mass is 35.5. The Morgan fingerprint density at radius 2 is 2.23 bits per heavy atom. The normalized spacial score (nSPS) is 23.0. The van der Waals surface area contributed by atoms with E-state index in [1.54, 1.807) is 0 Å². The van der Waals surface area contributed by atoms with Gasteiger partial charge in [-0.25, -0.2) is 0 Å². The molecule has 2 aliphatic rings. The van der Waals surface area contributed by atoms with Gasteiger partial charge in [0.2, 0.25) is 0 Å². The van der Waals surface area contributed by atoms with Crippen LogP contribution in [-0.2, 0) is 10.3 Å². The van der Waals surface area contributed by atoms with Gasteiger partial charge >= 0.3 is 0 Å². The highest BCUT2D eigenvalue weighted by Gasteiger charge is 2.38. The lowest BCUT2D eigenvalue weighted by Crippen LogP contribution is -2.39. The predicted octanol–water partition coefficient (Wildman–Crippen LogP) is 4.62. The molecule has 3 rings (SSSR count). The maximum absolute atomic E-state index is 6.22. The first-order chi connectivity index (χ1) is 10.6. The number of nitrogens with zero attached hydrogens (tertiary/aromatic N) is 1. The molecule has 1 aliphatic heterocycles. The van der Waals surface area contributed by atoms with Crippen LogP contribution in [0.3, 0.4) is 0 Å². The zero-order chi connectivity index (χ0) is 15.6. The van der Waals surface area contributed by atoms with E-state index in [9.17, 15) is 0 Å². The molecule has 0 amide bonds. The first kappa shape index (κ1) is 14.9. The second-order valence-electron chi connectivity index (χ2n) is 5.43. The van der Waals surface area contributed by atoms with Crippen LogP contribution in [-0.4, -0.2) is 12.6 Å². The van der Waals surface area contributed by atoms with Crippen molar-refractivity contribution in [1.82, 2.24) is 5.32 Å². The Balaban J connectivity index is 2.13. The summed E-state index contributed by atoms with van der Waals surface area (Å²) >= 11 is 6.20. The third kappa shape index (κ3) is 2.69. The molecule has 1 unspecified atom stereocenters. The van der Waals surface area contributed by atoms with Crippen molar-refractivity contribution in [3.05, 3.63) is 64.7 Å². The van der Waals surface area contributed by atoms with Gasteiger partial charge < -0.3 is 10.1 Å². The van der Waals surface area contributed by atoms with Crippen LogP contribution >= 0.6 is 11.6 Å². The highest BCUT2D eigenvalue weighted by molar-refractivity contribution is 6.30. The van der Waals surface area contributed by atoms with Crippen molar-refractivity contribution < 1.29 is 4.74 Å². The van der Waals surface area contributed by atoms with Gasteiger partial charge in [-0.05, 0) is 44.0 Å². The number of nitrogens with one attached hydrogen (secondary N) is 1. The van der Waals surface area contributed by atoms with Crippen LogP contribution in [0.25, 0.3) is 0 Å². The van der Waals surface area contributed by atoms with Gasteiger partial charge in [0.25, 0.3) is 6.02 Å². The Hall–Kier alpha value is -2.00. The molecule has 3 nitrogen and oxygen atoms in total. The Kier molecular flexibility index (Phi) is 4.08. The van der Waals surface area contributed by atoms with Gasteiger partial charge in [-0.1, -0.05) is 42.0 Å². The van der Waals surface area contributed by atoms with Crippen molar-refractivity contribution in [3.8, 4) is 0 Å². The minimum absolute atomic E-state index is 0.548. The van der Waals surface area contributed by atoms with E-state index >= 15 is 0 Å².